The molecule has 1 aliphatic heterocycles. The summed E-state index contributed by atoms with van der Waals surface area (Å²) in [5.41, 5.74) is 1.66. The second kappa shape index (κ2) is 7.05. The van der Waals surface area contributed by atoms with Crippen LogP contribution < -0.4 is 0 Å². The van der Waals surface area contributed by atoms with Crippen molar-refractivity contribution in [3.8, 4) is 0 Å². The van der Waals surface area contributed by atoms with Crippen molar-refractivity contribution in [1.29, 1.82) is 0 Å². The summed E-state index contributed by atoms with van der Waals surface area (Å²) in [5, 5.41) is 1.01. The highest BCUT2D eigenvalue weighted by molar-refractivity contribution is 8.26. The fraction of sp³-hybridized carbons (Fsp3) is 0.0588. The minimum Gasteiger partial charge on any atom is -0.288 e. The van der Waals surface area contributed by atoms with Gasteiger partial charge in [-0.25, -0.2) is 0 Å². The van der Waals surface area contributed by atoms with Crippen LogP contribution in [0.5, 0.6) is 0 Å². The standard InChI is InChI=1S/C17H11Cl2NOS2/c18-13-7-4-8-14(19)12(13)9-15-16(21)20(17(22)23-15)10-11-5-2-1-3-6-11/h1-9H,10H2. The highest BCUT2D eigenvalue weighted by atomic mass is 35.5. The van der Waals surface area contributed by atoms with Crippen LogP contribution in [-0.4, -0.2) is 15.1 Å². The van der Waals surface area contributed by atoms with Crippen LogP contribution in [-0.2, 0) is 11.3 Å². The topological polar surface area (TPSA) is 20.3 Å². The molecule has 1 amide bonds. The summed E-state index contributed by atoms with van der Waals surface area (Å²) < 4.78 is 0.535. The first-order valence-electron chi connectivity index (χ1n) is 6.79. The number of rotatable bonds is 3. The minimum absolute atomic E-state index is 0.125. The van der Waals surface area contributed by atoms with Gasteiger partial charge in [0, 0.05) is 15.6 Å². The van der Waals surface area contributed by atoms with E-state index in [0.29, 0.717) is 31.4 Å². The number of amides is 1. The average Bonchev–Trinajstić information content (AvgIpc) is 2.80. The van der Waals surface area contributed by atoms with Gasteiger partial charge in [0.15, 0.2) is 0 Å². The molecule has 0 N–H and O–H groups in total. The Balaban J connectivity index is 1.88. The van der Waals surface area contributed by atoms with E-state index in [1.54, 1.807) is 29.2 Å². The zero-order chi connectivity index (χ0) is 16.4. The molecule has 0 unspecified atom stereocenters. The Morgan fingerprint density at radius 3 is 2.35 bits per heavy atom. The Morgan fingerprint density at radius 2 is 1.70 bits per heavy atom. The summed E-state index contributed by atoms with van der Waals surface area (Å²) in [4.78, 5) is 14.7. The normalized spacial score (nSPS) is 16.4. The van der Waals surface area contributed by atoms with Crippen molar-refractivity contribution < 1.29 is 4.79 Å². The first-order valence-corrected chi connectivity index (χ1v) is 8.77. The predicted octanol–water partition coefficient (Wildman–Crippen LogP) is 5.39. The Kier molecular flexibility index (Phi) is 5.07. The number of nitrogens with zero attached hydrogens (tertiary/aromatic N) is 1. The third-order valence-corrected chi connectivity index (χ3v) is 5.37. The van der Waals surface area contributed by atoms with Crippen LogP contribution in [0.3, 0.4) is 0 Å². The quantitative estimate of drug-likeness (QED) is 0.526. The smallest absolute Gasteiger partial charge is 0.266 e. The largest absolute Gasteiger partial charge is 0.288 e. The van der Waals surface area contributed by atoms with Crippen LogP contribution in [0.15, 0.2) is 53.4 Å². The molecule has 0 bridgehead atoms. The molecule has 0 aromatic heterocycles. The van der Waals surface area contributed by atoms with Crippen LogP contribution in [0.25, 0.3) is 6.08 Å². The Morgan fingerprint density at radius 1 is 1.04 bits per heavy atom. The van der Waals surface area contributed by atoms with Crippen LogP contribution in [0.4, 0.5) is 0 Å². The van der Waals surface area contributed by atoms with E-state index in [1.807, 2.05) is 30.3 Å². The average molecular weight is 380 g/mol. The van der Waals surface area contributed by atoms with Crippen molar-refractivity contribution in [2.45, 2.75) is 6.54 Å². The monoisotopic (exact) mass is 379 g/mol. The summed E-state index contributed by atoms with van der Waals surface area (Å²) >= 11 is 18.9. The summed E-state index contributed by atoms with van der Waals surface area (Å²) in [6.45, 7) is 0.457. The predicted molar refractivity (Wildman–Crippen MR) is 102 cm³/mol. The van der Waals surface area contributed by atoms with E-state index < -0.39 is 0 Å². The number of hydrogen-bond donors (Lipinski definition) is 0. The Bertz CT molecular complexity index is 785. The number of thioether (sulfide) groups is 1. The van der Waals surface area contributed by atoms with Crippen molar-refractivity contribution in [3.05, 3.63) is 74.6 Å². The maximum Gasteiger partial charge on any atom is 0.266 e. The van der Waals surface area contributed by atoms with Crippen LogP contribution in [0.2, 0.25) is 10.0 Å². The molecule has 1 heterocycles. The van der Waals surface area contributed by atoms with E-state index in [0.717, 1.165) is 5.56 Å². The third kappa shape index (κ3) is 3.61. The van der Waals surface area contributed by atoms with Gasteiger partial charge < -0.3 is 0 Å². The highest BCUT2D eigenvalue weighted by Crippen LogP contribution is 2.36. The molecule has 1 fully saturated rings. The van der Waals surface area contributed by atoms with Crippen LogP contribution in [0, 0.1) is 0 Å². The molecule has 2 nitrogen and oxygen atoms in total. The van der Waals surface area contributed by atoms with Gasteiger partial charge in [0.2, 0.25) is 0 Å². The second-order valence-corrected chi connectivity index (χ2v) is 7.38. The van der Waals surface area contributed by atoms with Crippen molar-refractivity contribution in [2.24, 2.45) is 0 Å². The number of thiocarbonyl (C=S) groups is 1. The van der Waals surface area contributed by atoms with Gasteiger partial charge in [0.1, 0.15) is 4.32 Å². The van der Waals surface area contributed by atoms with Crippen molar-refractivity contribution in [2.75, 3.05) is 0 Å². The van der Waals surface area contributed by atoms with Gasteiger partial charge in [0.05, 0.1) is 11.4 Å². The first-order chi connectivity index (χ1) is 11.1. The molecule has 1 saturated heterocycles. The van der Waals surface area contributed by atoms with Crippen molar-refractivity contribution >= 4 is 63.5 Å². The van der Waals surface area contributed by atoms with Gasteiger partial charge in [-0.2, -0.15) is 0 Å². The lowest BCUT2D eigenvalue weighted by Crippen LogP contribution is -2.27. The molecule has 0 atom stereocenters. The molecular weight excluding hydrogens is 369 g/mol. The Hall–Kier alpha value is -1.33. The molecule has 0 radical (unpaired) electrons. The number of carbonyl (C=O) groups is 1. The van der Waals surface area contributed by atoms with E-state index in [4.69, 9.17) is 35.4 Å². The van der Waals surface area contributed by atoms with Gasteiger partial charge in [0.25, 0.3) is 5.91 Å². The van der Waals surface area contributed by atoms with Gasteiger partial charge in [-0.05, 0) is 23.8 Å². The summed E-state index contributed by atoms with van der Waals surface area (Å²) in [5.74, 6) is -0.125. The molecule has 0 spiro atoms. The molecule has 2 aromatic carbocycles. The van der Waals surface area contributed by atoms with Crippen molar-refractivity contribution in [1.82, 2.24) is 4.90 Å². The lowest BCUT2D eigenvalue weighted by molar-refractivity contribution is -0.122. The van der Waals surface area contributed by atoms with Gasteiger partial charge in [-0.15, -0.1) is 0 Å². The molecule has 6 heteroatoms. The molecule has 1 aliphatic rings. The van der Waals surface area contributed by atoms with Gasteiger partial charge >= 0.3 is 0 Å². The molecule has 2 aromatic rings. The number of hydrogen-bond acceptors (Lipinski definition) is 3. The zero-order valence-corrected chi connectivity index (χ0v) is 15.0. The summed E-state index contributed by atoms with van der Waals surface area (Å²) in [7, 11) is 0. The first kappa shape index (κ1) is 16.5. The number of carbonyl (C=O) groups excluding carboxylic acids is 1. The maximum atomic E-state index is 12.6. The molecular formula is C17H11Cl2NOS2. The van der Waals surface area contributed by atoms with Gasteiger partial charge in [-0.3, -0.25) is 9.69 Å². The SMILES string of the molecule is O=C1C(=Cc2c(Cl)cccc2Cl)SC(=S)N1Cc1ccccc1. The fourth-order valence-electron chi connectivity index (χ4n) is 2.18. The Labute approximate surface area is 154 Å². The van der Waals surface area contributed by atoms with Gasteiger partial charge in [-0.1, -0.05) is 83.6 Å². The summed E-state index contributed by atoms with van der Waals surface area (Å²) in [6, 6.07) is 15.0. The number of benzene rings is 2. The maximum absolute atomic E-state index is 12.6. The molecule has 0 saturated carbocycles. The molecule has 0 aliphatic carbocycles. The van der Waals surface area contributed by atoms with E-state index in [9.17, 15) is 4.79 Å². The van der Waals surface area contributed by atoms with E-state index in [1.165, 1.54) is 11.8 Å². The minimum atomic E-state index is -0.125. The zero-order valence-electron chi connectivity index (χ0n) is 11.8. The van der Waals surface area contributed by atoms with Crippen LogP contribution in [0.1, 0.15) is 11.1 Å². The van der Waals surface area contributed by atoms with Crippen LogP contribution >= 0.6 is 47.2 Å². The van der Waals surface area contributed by atoms with Crippen molar-refractivity contribution in [3.63, 3.8) is 0 Å². The lowest BCUT2D eigenvalue weighted by Gasteiger charge is -2.14. The van der Waals surface area contributed by atoms with E-state index in [2.05, 4.69) is 0 Å². The van der Waals surface area contributed by atoms with E-state index >= 15 is 0 Å². The fourth-order valence-corrected chi connectivity index (χ4v) is 3.93. The lowest BCUT2D eigenvalue weighted by atomic mass is 10.2. The highest BCUT2D eigenvalue weighted by Gasteiger charge is 2.32. The third-order valence-electron chi connectivity index (χ3n) is 3.33. The van der Waals surface area contributed by atoms with E-state index in [-0.39, 0.29) is 5.91 Å². The molecule has 3 rings (SSSR count). The second-order valence-electron chi connectivity index (χ2n) is 4.89. The summed E-state index contributed by atoms with van der Waals surface area (Å²) in [6.07, 6.45) is 1.70. The number of halogens is 2. The molecule has 116 valence electrons. The molecule has 23 heavy (non-hydrogen) atoms.